The summed E-state index contributed by atoms with van der Waals surface area (Å²) in [6.07, 6.45) is 4.06. The van der Waals surface area contributed by atoms with Crippen LogP contribution in [-0.2, 0) is 9.59 Å². The fourth-order valence-corrected chi connectivity index (χ4v) is 4.88. The van der Waals surface area contributed by atoms with Gasteiger partial charge in [0.05, 0.1) is 19.6 Å². The second-order valence-electron chi connectivity index (χ2n) is 8.94. The van der Waals surface area contributed by atoms with Crippen LogP contribution in [0.3, 0.4) is 0 Å². The summed E-state index contributed by atoms with van der Waals surface area (Å²) in [5.74, 6) is 1.11. The molecule has 5 rings (SSSR count). The quantitative estimate of drug-likeness (QED) is 0.668. The number of methoxy groups -OCH3 is 1. The third-order valence-electron chi connectivity index (χ3n) is 6.87. The standard InChI is InChI=1S/C24H29N7O4/c1-35-19-5-3-18(4-6-19)31-16-20(27-24(31)34)22(33)30-10-7-17(15-30)21(32)28-11-13-29(14-12-28)23-25-8-2-9-26-23/h2-6,8-9,17,20H,7,10-16H2,1H3,(H,27,34). The Morgan fingerprint density at radius 1 is 0.943 bits per heavy atom. The number of ether oxygens (including phenoxy) is 1. The van der Waals surface area contributed by atoms with Gasteiger partial charge < -0.3 is 24.8 Å². The van der Waals surface area contributed by atoms with Gasteiger partial charge in [0.1, 0.15) is 11.8 Å². The number of hydrogen-bond acceptors (Lipinski definition) is 7. The Hall–Kier alpha value is -3.89. The summed E-state index contributed by atoms with van der Waals surface area (Å²) >= 11 is 0. The van der Waals surface area contributed by atoms with E-state index in [1.165, 1.54) is 0 Å². The van der Waals surface area contributed by atoms with Crippen LogP contribution in [0.1, 0.15) is 6.42 Å². The van der Waals surface area contributed by atoms with Gasteiger partial charge in [-0.25, -0.2) is 14.8 Å². The summed E-state index contributed by atoms with van der Waals surface area (Å²) in [5, 5.41) is 2.79. The summed E-state index contributed by atoms with van der Waals surface area (Å²) in [7, 11) is 1.58. The number of amides is 4. The maximum atomic E-state index is 13.1. The summed E-state index contributed by atoms with van der Waals surface area (Å²) in [4.78, 5) is 54.5. The van der Waals surface area contributed by atoms with Crippen molar-refractivity contribution < 1.29 is 19.1 Å². The van der Waals surface area contributed by atoms with Crippen LogP contribution in [0, 0.1) is 5.92 Å². The van der Waals surface area contributed by atoms with Crippen LogP contribution in [-0.4, -0.2) is 96.6 Å². The molecule has 0 bridgehead atoms. The number of likely N-dealkylation sites (tertiary alicyclic amines) is 1. The summed E-state index contributed by atoms with van der Waals surface area (Å²) < 4.78 is 5.17. The zero-order chi connectivity index (χ0) is 24.4. The fourth-order valence-electron chi connectivity index (χ4n) is 4.88. The summed E-state index contributed by atoms with van der Waals surface area (Å²) in [6, 6.07) is 7.99. The highest BCUT2D eigenvalue weighted by molar-refractivity contribution is 6.00. The number of nitrogens with one attached hydrogen (secondary N) is 1. The molecule has 3 fully saturated rings. The minimum absolute atomic E-state index is 0.0873. The van der Waals surface area contributed by atoms with Gasteiger partial charge in [-0.2, -0.15) is 0 Å². The lowest BCUT2D eigenvalue weighted by molar-refractivity contribution is -0.136. The molecule has 0 spiro atoms. The van der Waals surface area contributed by atoms with Gasteiger partial charge in [0, 0.05) is 57.3 Å². The van der Waals surface area contributed by atoms with E-state index in [0.29, 0.717) is 63.1 Å². The monoisotopic (exact) mass is 479 g/mol. The second-order valence-corrected chi connectivity index (χ2v) is 8.94. The molecule has 3 aliphatic rings. The Balaban J connectivity index is 1.13. The molecule has 1 aromatic carbocycles. The maximum Gasteiger partial charge on any atom is 0.322 e. The third kappa shape index (κ3) is 4.71. The number of carbonyl (C=O) groups excluding carboxylic acids is 3. The molecule has 4 amide bonds. The molecule has 1 N–H and O–H groups in total. The maximum absolute atomic E-state index is 13.1. The Morgan fingerprint density at radius 3 is 2.34 bits per heavy atom. The Bertz CT molecular complexity index is 1070. The van der Waals surface area contributed by atoms with Crippen LogP contribution in [0.5, 0.6) is 5.75 Å². The first-order chi connectivity index (χ1) is 17.0. The lowest BCUT2D eigenvalue weighted by Crippen LogP contribution is -2.51. The molecule has 2 unspecified atom stereocenters. The van der Waals surface area contributed by atoms with Crippen LogP contribution in [0.25, 0.3) is 0 Å². The zero-order valence-corrected chi connectivity index (χ0v) is 19.7. The van der Waals surface area contributed by atoms with E-state index in [-0.39, 0.29) is 30.3 Å². The third-order valence-corrected chi connectivity index (χ3v) is 6.87. The zero-order valence-electron chi connectivity index (χ0n) is 19.7. The molecule has 1 aromatic heterocycles. The number of urea groups is 1. The number of benzene rings is 1. The Labute approximate surface area is 203 Å². The highest BCUT2D eigenvalue weighted by Gasteiger charge is 2.41. The molecule has 0 aliphatic carbocycles. The SMILES string of the molecule is COc1ccc(N2CC(C(=O)N3CCC(C(=O)N4CCN(c5ncccn5)CC4)C3)NC2=O)cc1. The molecule has 0 radical (unpaired) electrons. The molecule has 2 aromatic rings. The first kappa shape index (κ1) is 22.9. The van der Waals surface area contributed by atoms with Gasteiger partial charge in [-0.15, -0.1) is 0 Å². The summed E-state index contributed by atoms with van der Waals surface area (Å²) in [6.45, 7) is 3.73. The molecule has 3 saturated heterocycles. The van der Waals surface area contributed by atoms with E-state index in [1.54, 1.807) is 59.6 Å². The molecule has 2 atom stereocenters. The van der Waals surface area contributed by atoms with Gasteiger partial charge in [0.25, 0.3) is 0 Å². The minimum atomic E-state index is -0.632. The number of anilines is 2. The van der Waals surface area contributed by atoms with E-state index in [9.17, 15) is 14.4 Å². The minimum Gasteiger partial charge on any atom is -0.497 e. The van der Waals surface area contributed by atoms with E-state index in [0.717, 1.165) is 0 Å². The van der Waals surface area contributed by atoms with Crippen LogP contribution in [0.15, 0.2) is 42.7 Å². The van der Waals surface area contributed by atoms with Crippen molar-refractivity contribution in [2.75, 3.05) is 62.7 Å². The van der Waals surface area contributed by atoms with Crippen molar-refractivity contribution >= 4 is 29.5 Å². The van der Waals surface area contributed by atoms with Gasteiger partial charge in [0.15, 0.2) is 0 Å². The van der Waals surface area contributed by atoms with Crippen molar-refractivity contribution in [3.05, 3.63) is 42.7 Å². The molecule has 4 heterocycles. The van der Waals surface area contributed by atoms with Crippen molar-refractivity contribution in [3.8, 4) is 5.75 Å². The molecule has 0 saturated carbocycles. The van der Waals surface area contributed by atoms with Crippen LogP contribution >= 0.6 is 0 Å². The van der Waals surface area contributed by atoms with Gasteiger partial charge in [-0.3, -0.25) is 14.5 Å². The lowest BCUT2D eigenvalue weighted by atomic mass is 10.1. The van der Waals surface area contributed by atoms with Gasteiger partial charge in [-0.05, 0) is 36.8 Å². The van der Waals surface area contributed by atoms with E-state index in [1.807, 2.05) is 4.90 Å². The number of hydrogen-bond donors (Lipinski definition) is 1. The molecule has 35 heavy (non-hydrogen) atoms. The fraction of sp³-hybridized carbons (Fsp3) is 0.458. The second kappa shape index (κ2) is 9.77. The molecule has 184 valence electrons. The van der Waals surface area contributed by atoms with Gasteiger partial charge in [0.2, 0.25) is 17.8 Å². The number of piperazine rings is 1. The van der Waals surface area contributed by atoms with Crippen LogP contribution in [0.4, 0.5) is 16.4 Å². The van der Waals surface area contributed by atoms with E-state index >= 15 is 0 Å². The van der Waals surface area contributed by atoms with Crippen LogP contribution in [0.2, 0.25) is 0 Å². The van der Waals surface area contributed by atoms with Crippen molar-refractivity contribution in [1.82, 2.24) is 25.1 Å². The van der Waals surface area contributed by atoms with Crippen molar-refractivity contribution in [3.63, 3.8) is 0 Å². The molecular weight excluding hydrogens is 450 g/mol. The predicted molar refractivity (Wildman–Crippen MR) is 128 cm³/mol. The topological polar surface area (TPSA) is 111 Å². The normalized spacial score (nSPS) is 22.4. The van der Waals surface area contributed by atoms with Crippen molar-refractivity contribution in [2.24, 2.45) is 5.92 Å². The number of carbonyl (C=O) groups is 3. The number of rotatable bonds is 5. The number of nitrogens with zero attached hydrogens (tertiary/aromatic N) is 6. The lowest BCUT2D eigenvalue weighted by Gasteiger charge is -2.35. The van der Waals surface area contributed by atoms with E-state index in [4.69, 9.17) is 4.74 Å². The van der Waals surface area contributed by atoms with Crippen molar-refractivity contribution in [2.45, 2.75) is 12.5 Å². The largest absolute Gasteiger partial charge is 0.497 e. The van der Waals surface area contributed by atoms with E-state index in [2.05, 4.69) is 20.2 Å². The van der Waals surface area contributed by atoms with Crippen LogP contribution < -0.4 is 19.9 Å². The average Bonchev–Trinajstić information content (AvgIpc) is 3.56. The molecule has 11 heteroatoms. The first-order valence-corrected chi connectivity index (χ1v) is 11.8. The highest BCUT2D eigenvalue weighted by Crippen LogP contribution is 2.25. The Kier molecular flexibility index (Phi) is 6.39. The van der Waals surface area contributed by atoms with Gasteiger partial charge >= 0.3 is 6.03 Å². The first-order valence-electron chi connectivity index (χ1n) is 11.8. The molecule has 11 nitrogen and oxygen atoms in total. The van der Waals surface area contributed by atoms with E-state index < -0.39 is 6.04 Å². The number of aromatic nitrogens is 2. The molecular formula is C24H29N7O4. The summed E-state index contributed by atoms with van der Waals surface area (Å²) in [5.41, 5.74) is 0.702. The van der Waals surface area contributed by atoms with Crippen molar-refractivity contribution in [1.29, 1.82) is 0 Å². The highest BCUT2D eigenvalue weighted by atomic mass is 16.5. The molecule has 3 aliphatic heterocycles. The van der Waals surface area contributed by atoms with Gasteiger partial charge in [-0.1, -0.05) is 0 Å². The smallest absolute Gasteiger partial charge is 0.322 e. The Morgan fingerprint density at radius 2 is 1.66 bits per heavy atom. The average molecular weight is 480 g/mol. The predicted octanol–water partition coefficient (Wildman–Crippen LogP) is 0.581.